The zero-order valence-corrected chi connectivity index (χ0v) is 10.8. The van der Waals surface area contributed by atoms with E-state index in [-0.39, 0.29) is 6.04 Å². The number of hydrogen-bond acceptors (Lipinski definition) is 3. The molecule has 0 radical (unpaired) electrons. The van der Waals surface area contributed by atoms with Gasteiger partial charge in [-0.3, -0.25) is 4.68 Å². The minimum Gasteiger partial charge on any atom is -0.323 e. The maximum absolute atomic E-state index is 6.12. The summed E-state index contributed by atoms with van der Waals surface area (Å²) in [7, 11) is 4.04. The fourth-order valence-corrected chi connectivity index (χ4v) is 1.64. The molecule has 0 amide bonds. The highest BCUT2D eigenvalue weighted by atomic mass is 15.2. The normalized spacial score (nSPS) is 13.7. The fourth-order valence-electron chi connectivity index (χ4n) is 1.64. The molecule has 0 aliphatic carbocycles. The van der Waals surface area contributed by atoms with Gasteiger partial charge in [0.2, 0.25) is 0 Å². The van der Waals surface area contributed by atoms with Gasteiger partial charge in [-0.25, -0.2) is 0 Å². The average Bonchev–Trinajstić information content (AvgIpc) is 2.62. The van der Waals surface area contributed by atoms with Crippen molar-refractivity contribution in [3.05, 3.63) is 18.0 Å². The van der Waals surface area contributed by atoms with E-state index in [1.54, 1.807) is 4.68 Å². The summed E-state index contributed by atoms with van der Waals surface area (Å²) in [4.78, 5) is 2.29. The van der Waals surface area contributed by atoms with Gasteiger partial charge in [0.15, 0.2) is 0 Å². The molecule has 2 N–H and O–H groups in total. The third kappa shape index (κ3) is 4.33. The average molecular weight is 224 g/mol. The number of rotatable bonds is 6. The zero-order chi connectivity index (χ0) is 12.1. The Kier molecular flexibility index (Phi) is 4.96. The maximum Gasteiger partial charge on any atom is 0.0537 e. The number of likely N-dealkylation sites (N-methyl/N-ethyl adjacent to an activating group) is 1. The molecule has 4 heteroatoms. The van der Waals surface area contributed by atoms with E-state index in [0.717, 1.165) is 24.6 Å². The molecular weight excluding hydrogens is 200 g/mol. The predicted molar refractivity (Wildman–Crippen MR) is 67.1 cm³/mol. The lowest BCUT2D eigenvalue weighted by Crippen LogP contribution is -2.30. The van der Waals surface area contributed by atoms with Crippen molar-refractivity contribution in [2.24, 2.45) is 18.7 Å². The molecule has 0 spiro atoms. The first-order valence-electron chi connectivity index (χ1n) is 5.91. The monoisotopic (exact) mass is 224 g/mol. The summed E-state index contributed by atoms with van der Waals surface area (Å²) in [6.07, 6.45) is 5.05. The van der Waals surface area contributed by atoms with E-state index < -0.39 is 0 Å². The van der Waals surface area contributed by atoms with Gasteiger partial charge >= 0.3 is 0 Å². The lowest BCUT2D eigenvalue weighted by atomic mass is 10.1. The minimum absolute atomic E-state index is 0.0610. The van der Waals surface area contributed by atoms with Crippen LogP contribution < -0.4 is 5.73 Å². The Balaban J connectivity index is 2.36. The molecule has 0 fully saturated rings. The van der Waals surface area contributed by atoms with Gasteiger partial charge in [-0.15, -0.1) is 0 Å². The molecule has 1 atom stereocenters. The van der Waals surface area contributed by atoms with Crippen LogP contribution in [-0.2, 0) is 7.05 Å². The molecule has 1 aromatic heterocycles. The summed E-state index contributed by atoms with van der Waals surface area (Å²) in [6.45, 7) is 6.48. The number of aromatic nitrogens is 2. The molecule has 0 aromatic carbocycles. The largest absolute Gasteiger partial charge is 0.323 e. The fraction of sp³-hybridized carbons (Fsp3) is 0.750. The summed E-state index contributed by atoms with van der Waals surface area (Å²) in [5.74, 6) is 0.747. The molecule has 0 bridgehead atoms. The van der Waals surface area contributed by atoms with Crippen LogP contribution in [0, 0.1) is 5.92 Å². The van der Waals surface area contributed by atoms with Crippen LogP contribution in [0.3, 0.4) is 0 Å². The van der Waals surface area contributed by atoms with Gasteiger partial charge in [-0.1, -0.05) is 13.8 Å². The van der Waals surface area contributed by atoms with E-state index in [0.29, 0.717) is 0 Å². The number of nitrogens with two attached hydrogens (primary N) is 1. The van der Waals surface area contributed by atoms with Crippen molar-refractivity contribution in [1.82, 2.24) is 14.7 Å². The molecular formula is C12H24N4. The summed E-state index contributed by atoms with van der Waals surface area (Å²) >= 11 is 0. The first-order chi connectivity index (χ1) is 7.49. The van der Waals surface area contributed by atoms with Crippen molar-refractivity contribution in [3.63, 3.8) is 0 Å². The molecule has 16 heavy (non-hydrogen) atoms. The van der Waals surface area contributed by atoms with Crippen molar-refractivity contribution in [2.75, 3.05) is 20.1 Å². The summed E-state index contributed by atoms with van der Waals surface area (Å²) in [5, 5.41) is 4.14. The second-order valence-electron chi connectivity index (χ2n) is 5.00. The van der Waals surface area contributed by atoms with Crippen LogP contribution in [0.4, 0.5) is 0 Å². The first kappa shape index (κ1) is 13.2. The molecule has 4 nitrogen and oxygen atoms in total. The zero-order valence-electron chi connectivity index (χ0n) is 10.8. The Hall–Kier alpha value is -0.870. The molecule has 92 valence electrons. The molecule has 1 rings (SSSR count). The van der Waals surface area contributed by atoms with Gasteiger partial charge in [0.25, 0.3) is 0 Å². The van der Waals surface area contributed by atoms with Gasteiger partial charge in [0.05, 0.1) is 6.20 Å². The van der Waals surface area contributed by atoms with Crippen LogP contribution in [0.5, 0.6) is 0 Å². The highest BCUT2D eigenvalue weighted by molar-refractivity contribution is 5.09. The van der Waals surface area contributed by atoms with Crippen LogP contribution in [0.25, 0.3) is 0 Å². The highest BCUT2D eigenvalue weighted by Crippen LogP contribution is 2.10. The Morgan fingerprint density at radius 1 is 1.50 bits per heavy atom. The second kappa shape index (κ2) is 6.01. The van der Waals surface area contributed by atoms with Crippen LogP contribution >= 0.6 is 0 Å². The standard InChI is InChI=1S/C12H24N4/c1-10(2)5-6-15(3)9-12(13)11-7-14-16(4)8-11/h7-8,10,12H,5-6,9,13H2,1-4H3. The van der Waals surface area contributed by atoms with Gasteiger partial charge in [0.1, 0.15) is 0 Å². The van der Waals surface area contributed by atoms with Gasteiger partial charge in [-0.05, 0) is 25.9 Å². The molecule has 0 aliphatic rings. The maximum atomic E-state index is 6.12. The Morgan fingerprint density at radius 2 is 2.19 bits per heavy atom. The number of aryl methyl sites for hydroxylation is 1. The van der Waals surface area contributed by atoms with Crippen molar-refractivity contribution in [3.8, 4) is 0 Å². The third-order valence-corrected chi connectivity index (χ3v) is 2.75. The Morgan fingerprint density at radius 3 is 2.69 bits per heavy atom. The SMILES string of the molecule is CC(C)CCN(C)CC(N)c1cnn(C)c1. The minimum atomic E-state index is 0.0610. The van der Waals surface area contributed by atoms with E-state index in [9.17, 15) is 0 Å². The van der Waals surface area contributed by atoms with Crippen LogP contribution in [0.15, 0.2) is 12.4 Å². The van der Waals surface area contributed by atoms with Gasteiger partial charge in [-0.2, -0.15) is 5.10 Å². The van der Waals surface area contributed by atoms with Crippen LogP contribution in [0.2, 0.25) is 0 Å². The topological polar surface area (TPSA) is 47.1 Å². The Labute approximate surface area is 98.4 Å². The molecule has 0 saturated carbocycles. The summed E-state index contributed by atoms with van der Waals surface area (Å²) in [6, 6.07) is 0.0610. The Bertz CT molecular complexity index is 306. The lowest BCUT2D eigenvalue weighted by Gasteiger charge is -2.21. The lowest BCUT2D eigenvalue weighted by molar-refractivity contribution is 0.293. The van der Waals surface area contributed by atoms with Gasteiger partial charge < -0.3 is 10.6 Å². The molecule has 1 aromatic rings. The van der Waals surface area contributed by atoms with Crippen molar-refractivity contribution in [2.45, 2.75) is 26.3 Å². The third-order valence-electron chi connectivity index (χ3n) is 2.75. The van der Waals surface area contributed by atoms with E-state index >= 15 is 0 Å². The molecule has 1 unspecified atom stereocenters. The van der Waals surface area contributed by atoms with E-state index in [2.05, 4.69) is 30.9 Å². The van der Waals surface area contributed by atoms with Crippen LogP contribution in [0.1, 0.15) is 31.9 Å². The van der Waals surface area contributed by atoms with Crippen LogP contribution in [-0.4, -0.2) is 34.8 Å². The number of hydrogen-bond donors (Lipinski definition) is 1. The number of nitrogens with zero attached hydrogens (tertiary/aromatic N) is 3. The summed E-state index contributed by atoms with van der Waals surface area (Å²) in [5.41, 5.74) is 7.23. The molecule has 0 saturated heterocycles. The smallest absolute Gasteiger partial charge is 0.0537 e. The van der Waals surface area contributed by atoms with Crippen molar-refractivity contribution < 1.29 is 0 Å². The molecule has 0 aliphatic heterocycles. The first-order valence-corrected chi connectivity index (χ1v) is 5.91. The highest BCUT2D eigenvalue weighted by Gasteiger charge is 2.11. The quantitative estimate of drug-likeness (QED) is 0.794. The summed E-state index contributed by atoms with van der Waals surface area (Å²) < 4.78 is 1.79. The van der Waals surface area contributed by atoms with E-state index in [4.69, 9.17) is 5.73 Å². The van der Waals surface area contributed by atoms with Gasteiger partial charge in [0, 0.05) is 31.4 Å². The van der Waals surface area contributed by atoms with Crippen molar-refractivity contribution in [1.29, 1.82) is 0 Å². The van der Waals surface area contributed by atoms with E-state index in [1.807, 2.05) is 19.4 Å². The van der Waals surface area contributed by atoms with Crippen molar-refractivity contribution >= 4 is 0 Å². The second-order valence-corrected chi connectivity index (χ2v) is 5.00. The predicted octanol–water partition coefficient (Wildman–Crippen LogP) is 1.40. The molecule has 1 heterocycles. The van der Waals surface area contributed by atoms with E-state index in [1.165, 1.54) is 6.42 Å².